The van der Waals surface area contributed by atoms with E-state index < -0.39 is 0 Å². The van der Waals surface area contributed by atoms with Crippen molar-refractivity contribution >= 4 is 33.3 Å². The van der Waals surface area contributed by atoms with Gasteiger partial charge < -0.3 is 9.80 Å². The number of fused-ring (bicyclic) bond motifs is 2. The Hall–Kier alpha value is -3.18. The first-order valence-electron chi connectivity index (χ1n) is 9.64. The molecule has 0 N–H and O–H groups in total. The van der Waals surface area contributed by atoms with Crippen LogP contribution in [-0.2, 0) is 0 Å². The second-order valence-corrected chi connectivity index (χ2v) is 7.42. The molecule has 2 heterocycles. The number of hydrogen-bond donors (Lipinski definition) is 0. The molecule has 5 nitrogen and oxygen atoms in total. The van der Waals surface area contributed by atoms with Crippen molar-refractivity contribution in [2.24, 2.45) is 0 Å². The Morgan fingerprint density at radius 1 is 0.893 bits per heavy atom. The lowest BCUT2D eigenvalue weighted by Gasteiger charge is -2.34. The van der Waals surface area contributed by atoms with Gasteiger partial charge in [-0.3, -0.25) is 4.79 Å². The van der Waals surface area contributed by atoms with E-state index in [4.69, 9.17) is 0 Å². The summed E-state index contributed by atoms with van der Waals surface area (Å²) in [5.74, 6) is -0.0951. The Labute approximate surface area is 163 Å². The SMILES string of the molecule is CN1CCN(c2ccc3cnn(C(=O)c4cccc5ccccc45)c3c2)CC1. The predicted molar refractivity (Wildman–Crippen MR) is 113 cm³/mol. The summed E-state index contributed by atoms with van der Waals surface area (Å²) in [5, 5.41) is 7.41. The molecule has 0 amide bonds. The van der Waals surface area contributed by atoms with Gasteiger partial charge in [0.25, 0.3) is 5.91 Å². The molecule has 1 aliphatic rings. The van der Waals surface area contributed by atoms with Gasteiger partial charge in [0.15, 0.2) is 0 Å². The fourth-order valence-electron chi connectivity index (χ4n) is 3.96. The smallest absolute Gasteiger partial charge is 0.279 e. The van der Waals surface area contributed by atoms with Crippen molar-refractivity contribution in [1.82, 2.24) is 14.7 Å². The van der Waals surface area contributed by atoms with Gasteiger partial charge in [-0.25, -0.2) is 0 Å². The van der Waals surface area contributed by atoms with E-state index in [2.05, 4.69) is 40.1 Å². The zero-order valence-corrected chi connectivity index (χ0v) is 15.9. The third kappa shape index (κ3) is 2.84. The number of benzene rings is 3. The molecule has 1 aromatic heterocycles. The van der Waals surface area contributed by atoms with Crippen LogP contribution in [-0.4, -0.2) is 53.8 Å². The van der Waals surface area contributed by atoms with E-state index in [-0.39, 0.29) is 5.91 Å². The van der Waals surface area contributed by atoms with Crippen LogP contribution >= 0.6 is 0 Å². The van der Waals surface area contributed by atoms with Crippen LogP contribution in [0.25, 0.3) is 21.7 Å². The number of likely N-dealkylation sites (N-methyl/N-ethyl adjacent to an activating group) is 1. The molecular weight excluding hydrogens is 348 g/mol. The summed E-state index contributed by atoms with van der Waals surface area (Å²) in [6.07, 6.45) is 1.77. The summed E-state index contributed by atoms with van der Waals surface area (Å²) in [7, 11) is 2.15. The van der Waals surface area contributed by atoms with Crippen LogP contribution in [0.2, 0.25) is 0 Å². The van der Waals surface area contributed by atoms with Crippen LogP contribution in [0.3, 0.4) is 0 Å². The molecule has 0 saturated carbocycles. The van der Waals surface area contributed by atoms with Crippen molar-refractivity contribution in [3.63, 3.8) is 0 Å². The molecule has 0 aliphatic carbocycles. The minimum absolute atomic E-state index is 0.0951. The van der Waals surface area contributed by atoms with E-state index in [1.807, 2.05) is 42.5 Å². The maximum atomic E-state index is 13.3. The van der Waals surface area contributed by atoms with Crippen molar-refractivity contribution < 1.29 is 4.79 Å². The maximum absolute atomic E-state index is 13.3. The van der Waals surface area contributed by atoms with E-state index in [9.17, 15) is 4.79 Å². The molecule has 0 spiro atoms. The van der Waals surface area contributed by atoms with Gasteiger partial charge >= 0.3 is 0 Å². The van der Waals surface area contributed by atoms with Gasteiger partial charge in [0.05, 0.1) is 11.7 Å². The van der Waals surface area contributed by atoms with Crippen LogP contribution < -0.4 is 4.90 Å². The molecule has 1 fully saturated rings. The third-order valence-corrected chi connectivity index (χ3v) is 5.64. The molecule has 1 saturated heterocycles. The summed E-state index contributed by atoms with van der Waals surface area (Å²) in [6, 6.07) is 20.1. The number of piperazine rings is 1. The summed E-state index contributed by atoms with van der Waals surface area (Å²) >= 11 is 0. The van der Waals surface area contributed by atoms with Crippen molar-refractivity contribution in [2.45, 2.75) is 0 Å². The number of hydrogen-bond acceptors (Lipinski definition) is 4. The lowest BCUT2D eigenvalue weighted by molar-refractivity contribution is 0.0952. The number of aromatic nitrogens is 2. The Morgan fingerprint density at radius 3 is 2.54 bits per heavy atom. The zero-order valence-electron chi connectivity index (χ0n) is 15.9. The monoisotopic (exact) mass is 370 g/mol. The summed E-state index contributed by atoms with van der Waals surface area (Å²) < 4.78 is 1.54. The summed E-state index contributed by atoms with van der Waals surface area (Å²) in [6.45, 7) is 4.08. The molecule has 4 aromatic rings. The Bertz CT molecular complexity index is 1170. The Morgan fingerprint density at radius 2 is 1.68 bits per heavy atom. The van der Waals surface area contributed by atoms with Crippen LogP contribution in [0.15, 0.2) is 66.9 Å². The topological polar surface area (TPSA) is 41.4 Å². The maximum Gasteiger partial charge on any atom is 0.279 e. The highest BCUT2D eigenvalue weighted by Gasteiger charge is 2.18. The second-order valence-electron chi connectivity index (χ2n) is 7.42. The highest BCUT2D eigenvalue weighted by Crippen LogP contribution is 2.25. The van der Waals surface area contributed by atoms with Gasteiger partial charge in [-0.05, 0) is 42.1 Å². The van der Waals surface area contributed by atoms with Gasteiger partial charge in [-0.2, -0.15) is 9.78 Å². The first kappa shape index (κ1) is 17.0. The third-order valence-electron chi connectivity index (χ3n) is 5.64. The molecule has 5 heteroatoms. The van der Waals surface area contributed by atoms with Crippen LogP contribution in [0.5, 0.6) is 0 Å². The van der Waals surface area contributed by atoms with Gasteiger partial charge in [0.1, 0.15) is 0 Å². The molecule has 0 unspecified atom stereocenters. The molecule has 5 rings (SSSR count). The highest BCUT2D eigenvalue weighted by atomic mass is 16.2. The predicted octanol–water partition coefficient (Wildman–Crippen LogP) is 3.63. The number of rotatable bonds is 2. The minimum atomic E-state index is -0.0951. The second kappa shape index (κ2) is 6.77. The molecule has 0 atom stereocenters. The van der Waals surface area contributed by atoms with Crippen LogP contribution in [0, 0.1) is 0 Å². The fraction of sp³-hybridized carbons (Fsp3) is 0.217. The van der Waals surface area contributed by atoms with Gasteiger partial charge in [-0.1, -0.05) is 36.4 Å². The van der Waals surface area contributed by atoms with Crippen molar-refractivity contribution in [3.8, 4) is 0 Å². The molecule has 28 heavy (non-hydrogen) atoms. The first-order chi connectivity index (χ1) is 13.7. The van der Waals surface area contributed by atoms with E-state index >= 15 is 0 Å². The quantitative estimate of drug-likeness (QED) is 0.540. The first-order valence-corrected chi connectivity index (χ1v) is 9.64. The van der Waals surface area contributed by atoms with E-state index in [0.29, 0.717) is 5.56 Å². The van der Waals surface area contributed by atoms with Gasteiger partial charge in [-0.15, -0.1) is 0 Å². The number of carbonyl (C=O) groups excluding carboxylic acids is 1. The standard InChI is InChI=1S/C23H22N4O/c1-25-11-13-26(14-12-25)19-10-9-18-16-24-27(22(18)15-19)23(28)21-8-4-6-17-5-2-3-7-20(17)21/h2-10,15-16H,11-14H2,1H3. The average Bonchev–Trinajstić information content (AvgIpc) is 3.16. The lowest BCUT2D eigenvalue weighted by atomic mass is 10.0. The van der Waals surface area contributed by atoms with Gasteiger partial charge in [0.2, 0.25) is 0 Å². The molecular formula is C23H22N4O. The molecule has 0 bridgehead atoms. The van der Waals surface area contributed by atoms with Crippen molar-refractivity contribution in [1.29, 1.82) is 0 Å². The summed E-state index contributed by atoms with van der Waals surface area (Å²) in [5.41, 5.74) is 2.68. The Balaban J connectivity index is 1.57. The van der Waals surface area contributed by atoms with Crippen LogP contribution in [0.4, 0.5) is 5.69 Å². The van der Waals surface area contributed by atoms with E-state index in [0.717, 1.165) is 53.5 Å². The van der Waals surface area contributed by atoms with E-state index in [1.54, 1.807) is 6.20 Å². The average molecular weight is 370 g/mol. The number of anilines is 1. The minimum Gasteiger partial charge on any atom is -0.369 e. The van der Waals surface area contributed by atoms with Crippen LogP contribution in [0.1, 0.15) is 10.4 Å². The van der Waals surface area contributed by atoms with E-state index in [1.165, 1.54) is 4.68 Å². The molecule has 1 aliphatic heterocycles. The Kier molecular flexibility index (Phi) is 4.10. The largest absolute Gasteiger partial charge is 0.369 e. The lowest BCUT2D eigenvalue weighted by Crippen LogP contribution is -2.44. The number of nitrogens with zero attached hydrogens (tertiary/aromatic N) is 4. The number of carbonyl (C=O) groups is 1. The normalized spacial score (nSPS) is 15.4. The molecule has 0 radical (unpaired) electrons. The van der Waals surface area contributed by atoms with Crippen molar-refractivity contribution in [2.75, 3.05) is 38.1 Å². The zero-order chi connectivity index (χ0) is 19.1. The summed E-state index contributed by atoms with van der Waals surface area (Å²) in [4.78, 5) is 18.1. The molecule has 3 aromatic carbocycles. The fourth-order valence-corrected chi connectivity index (χ4v) is 3.96. The molecule has 140 valence electrons. The van der Waals surface area contributed by atoms with Crippen molar-refractivity contribution in [3.05, 3.63) is 72.4 Å². The highest BCUT2D eigenvalue weighted by molar-refractivity contribution is 6.10. The van der Waals surface area contributed by atoms with Gasteiger partial charge in [0, 0.05) is 42.8 Å².